The van der Waals surface area contributed by atoms with Gasteiger partial charge in [0.25, 0.3) is 0 Å². The van der Waals surface area contributed by atoms with Crippen molar-refractivity contribution in [3.05, 3.63) is 16.6 Å². The topological polar surface area (TPSA) is 38.9 Å². The van der Waals surface area contributed by atoms with Crippen LogP contribution in [-0.4, -0.2) is 11.2 Å². The molecule has 6 heteroatoms. The van der Waals surface area contributed by atoms with Crippen molar-refractivity contribution < 1.29 is 13.2 Å². The molecule has 0 amide bonds. The van der Waals surface area contributed by atoms with E-state index in [1.165, 1.54) is 10.9 Å². The molecule has 0 spiro atoms. The lowest BCUT2D eigenvalue weighted by Crippen LogP contribution is -2.47. The maximum atomic E-state index is 12.2. The Bertz CT molecular complexity index is 252. The summed E-state index contributed by atoms with van der Waals surface area (Å²) in [6.07, 6.45) is -4.46. The van der Waals surface area contributed by atoms with Crippen LogP contribution in [-0.2, 0) is 5.54 Å². The fourth-order valence-electron chi connectivity index (χ4n) is 0.614. The summed E-state index contributed by atoms with van der Waals surface area (Å²) < 4.78 is 36.7. The van der Waals surface area contributed by atoms with Gasteiger partial charge in [0.1, 0.15) is 0 Å². The normalized spacial score (nSPS) is 17.4. The Labute approximate surface area is 71.2 Å². The molecule has 0 aliphatic heterocycles. The molecule has 12 heavy (non-hydrogen) atoms. The Morgan fingerprint density at radius 1 is 1.50 bits per heavy atom. The van der Waals surface area contributed by atoms with Crippen molar-refractivity contribution >= 4 is 11.3 Å². The van der Waals surface area contributed by atoms with Gasteiger partial charge in [-0.2, -0.15) is 13.2 Å². The number of thiazole rings is 1. The van der Waals surface area contributed by atoms with Crippen molar-refractivity contribution in [1.29, 1.82) is 0 Å². The number of halogens is 3. The van der Waals surface area contributed by atoms with Crippen molar-refractivity contribution in [2.24, 2.45) is 5.73 Å². The van der Waals surface area contributed by atoms with Crippen molar-refractivity contribution in [3.8, 4) is 0 Å². The first-order valence-electron chi connectivity index (χ1n) is 3.10. The zero-order valence-electron chi connectivity index (χ0n) is 6.22. The van der Waals surface area contributed by atoms with Gasteiger partial charge in [0.15, 0.2) is 5.54 Å². The third kappa shape index (κ3) is 1.44. The lowest BCUT2D eigenvalue weighted by atomic mass is 10.0. The third-order valence-corrected chi connectivity index (χ3v) is 2.14. The molecule has 1 unspecified atom stereocenters. The Morgan fingerprint density at radius 2 is 2.08 bits per heavy atom. The number of nitrogens with zero attached hydrogens (tertiary/aromatic N) is 1. The maximum absolute atomic E-state index is 12.2. The van der Waals surface area contributed by atoms with Gasteiger partial charge in [-0.15, -0.1) is 11.3 Å². The van der Waals surface area contributed by atoms with Gasteiger partial charge in [-0.25, -0.2) is 4.98 Å². The second-order valence-corrected chi connectivity index (χ2v) is 3.29. The molecule has 0 aliphatic rings. The van der Waals surface area contributed by atoms with Crippen molar-refractivity contribution in [1.82, 2.24) is 4.98 Å². The largest absolute Gasteiger partial charge is 0.411 e. The van der Waals surface area contributed by atoms with E-state index in [0.29, 0.717) is 0 Å². The molecule has 1 aromatic rings. The smallest absolute Gasteiger partial charge is 0.313 e. The van der Waals surface area contributed by atoms with Crippen LogP contribution < -0.4 is 5.73 Å². The second kappa shape index (κ2) is 2.70. The summed E-state index contributed by atoms with van der Waals surface area (Å²) in [4.78, 5) is 3.53. The number of hydrogen-bond acceptors (Lipinski definition) is 3. The number of nitrogens with two attached hydrogens (primary N) is 1. The van der Waals surface area contributed by atoms with E-state index in [4.69, 9.17) is 5.73 Å². The minimum atomic E-state index is -4.46. The summed E-state index contributed by atoms with van der Waals surface area (Å²) in [6.45, 7) is 0.905. The monoisotopic (exact) mass is 196 g/mol. The minimum Gasteiger partial charge on any atom is -0.313 e. The van der Waals surface area contributed by atoms with E-state index in [0.717, 1.165) is 18.3 Å². The Morgan fingerprint density at radius 3 is 2.42 bits per heavy atom. The van der Waals surface area contributed by atoms with Crippen LogP contribution in [0, 0.1) is 0 Å². The molecule has 1 atom stereocenters. The van der Waals surface area contributed by atoms with E-state index in [-0.39, 0.29) is 5.69 Å². The molecular formula is C6H7F3N2S. The van der Waals surface area contributed by atoms with Crippen molar-refractivity contribution in [2.75, 3.05) is 0 Å². The van der Waals surface area contributed by atoms with Gasteiger partial charge < -0.3 is 5.73 Å². The molecule has 2 nitrogen and oxygen atoms in total. The predicted molar refractivity (Wildman–Crippen MR) is 39.7 cm³/mol. The number of rotatable bonds is 1. The molecule has 0 bridgehead atoms. The Hall–Kier alpha value is -0.620. The molecule has 1 rings (SSSR count). The standard InChI is InChI=1S/C6H7F3N2S/c1-5(10,6(7,8)9)4-2-12-3-11-4/h2-3H,10H2,1H3. The van der Waals surface area contributed by atoms with Crippen LogP contribution in [0.4, 0.5) is 13.2 Å². The first-order chi connectivity index (χ1) is 5.36. The number of alkyl halides is 3. The Balaban J connectivity index is 3.02. The molecule has 0 aromatic carbocycles. The molecule has 2 N–H and O–H groups in total. The van der Waals surface area contributed by atoms with E-state index >= 15 is 0 Å². The number of aromatic nitrogens is 1. The molecule has 0 fully saturated rings. The predicted octanol–water partition coefficient (Wildman–Crippen LogP) is 1.88. The van der Waals surface area contributed by atoms with Crippen molar-refractivity contribution in [3.63, 3.8) is 0 Å². The maximum Gasteiger partial charge on any atom is 0.411 e. The van der Waals surface area contributed by atoms with Gasteiger partial charge in [0.2, 0.25) is 0 Å². The first-order valence-corrected chi connectivity index (χ1v) is 4.04. The van der Waals surface area contributed by atoms with Crippen LogP contribution in [0.3, 0.4) is 0 Å². The van der Waals surface area contributed by atoms with Gasteiger partial charge in [0, 0.05) is 5.38 Å². The summed E-state index contributed by atoms with van der Waals surface area (Å²) in [7, 11) is 0. The van der Waals surface area contributed by atoms with Gasteiger partial charge in [0.05, 0.1) is 11.2 Å². The van der Waals surface area contributed by atoms with E-state index < -0.39 is 11.7 Å². The molecule has 68 valence electrons. The van der Waals surface area contributed by atoms with Crippen LogP contribution in [0.5, 0.6) is 0 Å². The average Bonchev–Trinajstić information content (AvgIpc) is 2.34. The van der Waals surface area contributed by atoms with Crippen LogP contribution in [0.1, 0.15) is 12.6 Å². The highest BCUT2D eigenvalue weighted by Crippen LogP contribution is 2.35. The van der Waals surface area contributed by atoms with Crippen LogP contribution in [0.2, 0.25) is 0 Å². The SMILES string of the molecule is CC(N)(c1cscn1)C(F)(F)F. The van der Waals surface area contributed by atoms with Gasteiger partial charge >= 0.3 is 6.18 Å². The fourth-order valence-corrected chi connectivity index (χ4v) is 1.28. The summed E-state index contributed by atoms with van der Waals surface area (Å²) in [5.41, 5.74) is 3.93. The van der Waals surface area contributed by atoms with E-state index in [9.17, 15) is 13.2 Å². The van der Waals surface area contributed by atoms with Gasteiger partial charge in [-0.1, -0.05) is 0 Å². The summed E-state index contributed by atoms with van der Waals surface area (Å²) in [6, 6.07) is 0. The highest BCUT2D eigenvalue weighted by Gasteiger charge is 2.50. The van der Waals surface area contributed by atoms with Gasteiger partial charge in [-0.3, -0.25) is 0 Å². The minimum absolute atomic E-state index is 0.139. The quantitative estimate of drug-likeness (QED) is 0.744. The number of hydrogen-bond donors (Lipinski definition) is 1. The molecule has 0 saturated carbocycles. The third-order valence-electron chi connectivity index (χ3n) is 1.55. The second-order valence-electron chi connectivity index (χ2n) is 2.57. The molecule has 0 saturated heterocycles. The fraction of sp³-hybridized carbons (Fsp3) is 0.500. The zero-order chi connectivity index (χ0) is 9.41. The summed E-state index contributed by atoms with van der Waals surface area (Å²) in [5.74, 6) is 0. The first kappa shape index (κ1) is 9.47. The molecule has 1 aromatic heterocycles. The van der Waals surface area contributed by atoms with E-state index in [1.807, 2.05) is 0 Å². The Kier molecular flexibility index (Phi) is 2.13. The summed E-state index contributed by atoms with van der Waals surface area (Å²) in [5, 5.41) is 1.30. The van der Waals surface area contributed by atoms with Crippen LogP contribution in [0.15, 0.2) is 10.9 Å². The highest BCUT2D eigenvalue weighted by atomic mass is 32.1. The molecular weight excluding hydrogens is 189 g/mol. The molecule has 1 heterocycles. The molecule has 0 radical (unpaired) electrons. The lowest BCUT2D eigenvalue weighted by molar-refractivity contribution is -0.185. The van der Waals surface area contributed by atoms with E-state index in [2.05, 4.69) is 4.98 Å². The molecule has 0 aliphatic carbocycles. The van der Waals surface area contributed by atoms with E-state index in [1.54, 1.807) is 0 Å². The zero-order valence-corrected chi connectivity index (χ0v) is 7.04. The highest BCUT2D eigenvalue weighted by molar-refractivity contribution is 7.07. The lowest BCUT2D eigenvalue weighted by Gasteiger charge is -2.25. The van der Waals surface area contributed by atoms with Crippen LogP contribution >= 0.6 is 11.3 Å². The van der Waals surface area contributed by atoms with Crippen LogP contribution in [0.25, 0.3) is 0 Å². The summed E-state index contributed by atoms with van der Waals surface area (Å²) >= 11 is 1.09. The average molecular weight is 196 g/mol. The van der Waals surface area contributed by atoms with Gasteiger partial charge in [-0.05, 0) is 6.92 Å². The van der Waals surface area contributed by atoms with Crippen molar-refractivity contribution in [2.45, 2.75) is 18.6 Å².